The van der Waals surface area contributed by atoms with E-state index < -0.39 is 0 Å². The highest BCUT2D eigenvalue weighted by molar-refractivity contribution is 7.27. The molecule has 0 aliphatic heterocycles. The van der Waals surface area contributed by atoms with Crippen LogP contribution in [0.2, 0.25) is 0 Å². The summed E-state index contributed by atoms with van der Waals surface area (Å²) in [5, 5.41) is 60.6. The molecule has 0 bridgehead atoms. The Morgan fingerprint density at radius 3 is 0.584 bits per heavy atom. The van der Waals surface area contributed by atoms with Gasteiger partial charge in [0.2, 0.25) is 0 Å². The van der Waals surface area contributed by atoms with Crippen molar-refractivity contribution in [2.24, 2.45) is 0 Å². The first-order valence-corrected chi connectivity index (χ1v) is 43.9. The van der Waals surface area contributed by atoms with Gasteiger partial charge in [-0.1, -0.05) is 224 Å². The second-order valence-corrected chi connectivity index (χ2v) is 34.8. The molecule has 0 spiro atoms. The molecular formula is C112H62N10S3. The Bertz CT molecular complexity index is 9440. The summed E-state index contributed by atoms with van der Waals surface area (Å²) >= 11 is 5.48. The molecule has 0 atom stereocenters. The summed E-state index contributed by atoms with van der Waals surface area (Å²) in [6.45, 7) is 0. The van der Waals surface area contributed by atoms with Gasteiger partial charge >= 0.3 is 0 Å². The molecule has 578 valence electrons. The van der Waals surface area contributed by atoms with Gasteiger partial charge in [-0.3, -0.25) is 0 Å². The van der Waals surface area contributed by atoms with E-state index in [0.717, 1.165) is 110 Å². The SMILES string of the molecule is N#Cc1cccc2c1c1ccccc1n2-c1cccc2c1sc1cccc(-n3c4ccccc4c4c(C#N)cccc43)c12.N#Cc1cccc2c1c1ccccc1n2-c1cccc2c1sc1cccc(-n3c4ccccc4c4ccccc43)c12.N#Cc1cccc2c1c1ccccc1n2-c1cccc2sc3c(-n4c5ccccc5c5ccccc54)cccc3c12. The molecule has 9 aromatic heterocycles. The number of nitriles is 4. The Morgan fingerprint density at radius 2 is 0.328 bits per heavy atom. The lowest BCUT2D eigenvalue weighted by atomic mass is 10.1. The van der Waals surface area contributed by atoms with E-state index in [1.807, 2.05) is 83.3 Å². The minimum absolute atomic E-state index is 0.681. The van der Waals surface area contributed by atoms with E-state index in [2.05, 4.69) is 367 Å². The van der Waals surface area contributed by atoms with Crippen molar-refractivity contribution < 1.29 is 0 Å². The summed E-state index contributed by atoms with van der Waals surface area (Å²) in [4.78, 5) is 0. The lowest BCUT2D eigenvalue weighted by Gasteiger charge is -2.11. The standard InChI is InChI=1S/C38H20N4S.2C37H21N3S/c39-21-23-9-5-16-30-35(23)25-11-1-3-14-28(25)41(30)32-18-8-20-34-37(32)27-13-7-19-33(38(27)43-34)42-29-15-4-2-12-26(29)36-24(22-40)10-6-17-31(36)42;38-22-23-10-7-18-31-35(23)26-13-3-6-17-30(26)40(31)32-19-9-21-34-36(32)27-14-8-20-33(37(27)41-34)39-28-15-4-1-11-24(28)25-12-2-5-16-29(25)39;38-22-23-10-7-18-31-35(23)26-13-3-6-17-30(26)40(31)33-20-8-14-27-36-32(19-9-21-34(36)41-37(27)33)39-28-15-4-1-11-24(28)25-12-2-5-16-29(25)39/h1-20H;2*1-21H. The number of nitrogens with zero attached hydrogens (tertiary/aromatic N) is 10. The third kappa shape index (κ3) is 10.4. The van der Waals surface area contributed by atoms with Gasteiger partial charge in [0, 0.05) is 111 Å². The molecule has 27 aromatic rings. The first kappa shape index (κ1) is 71.3. The number of para-hydroxylation sites is 8. The zero-order chi connectivity index (χ0) is 82.8. The monoisotopic (exact) mass is 1640 g/mol. The van der Waals surface area contributed by atoms with Crippen molar-refractivity contribution in [1.29, 1.82) is 21.0 Å². The van der Waals surface area contributed by atoms with Gasteiger partial charge in [-0.15, -0.1) is 34.0 Å². The van der Waals surface area contributed by atoms with Crippen LogP contribution in [0.1, 0.15) is 22.3 Å². The van der Waals surface area contributed by atoms with E-state index in [9.17, 15) is 21.0 Å². The fraction of sp³-hybridized carbons (Fsp3) is 0. The first-order chi connectivity index (χ1) is 61.9. The quantitative estimate of drug-likeness (QED) is 0.164. The van der Waals surface area contributed by atoms with Crippen LogP contribution in [0.5, 0.6) is 0 Å². The third-order valence-electron chi connectivity index (χ3n) is 25.3. The first-order valence-electron chi connectivity index (χ1n) is 41.5. The summed E-state index contributed by atoms with van der Waals surface area (Å²) in [6.07, 6.45) is 0. The smallest absolute Gasteiger partial charge is 0.0998 e. The van der Waals surface area contributed by atoms with Crippen molar-refractivity contribution in [3.05, 3.63) is 398 Å². The molecule has 0 fully saturated rings. The van der Waals surface area contributed by atoms with Crippen LogP contribution in [0.4, 0.5) is 0 Å². The molecule has 125 heavy (non-hydrogen) atoms. The molecule has 0 amide bonds. The van der Waals surface area contributed by atoms with Crippen LogP contribution >= 0.6 is 34.0 Å². The van der Waals surface area contributed by atoms with Crippen LogP contribution in [0.25, 0.3) is 225 Å². The molecule has 0 radical (unpaired) electrons. The van der Waals surface area contributed by atoms with E-state index >= 15 is 0 Å². The topological polar surface area (TPSA) is 125 Å². The summed E-state index contributed by atoms with van der Waals surface area (Å²) < 4.78 is 21.5. The van der Waals surface area contributed by atoms with Gasteiger partial charge in [0.1, 0.15) is 0 Å². The maximum Gasteiger partial charge on any atom is 0.0998 e. The number of thiophene rings is 3. The minimum atomic E-state index is 0.681. The average Bonchev–Trinajstić information content (AvgIpc) is 1.57. The van der Waals surface area contributed by atoms with E-state index in [1.54, 1.807) is 11.3 Å². The van der Waals surface area contributed by atoms with Crippen molar-refractivity contribution in [2.75, 3.05) is 0 Å². The number of fused-ring (bicyclic) bond motifs is 27. The summed E-state index contributed by atoms with van der Waals surface area (Å²) in [5.74, 6) is 0. The summed E-state index contributed by atoms with van der Waals surface area (Å²) in [7, 11) is 0. The van der Waals surface area contributed by atoms with Gasteiger partial charge in [-0.25, -0.2) is 0 Å². The lowest BCUT2D eigenvalue weighted by molar-refractivity contribution is 1.20. The zero-order valence-electron chi connectivity index (χ0n) is 66.5. The highest BCUT2D eigenvalue weighted by atomic mass is 32.1. The van der Waals surface area contributed by atoms with Crippen molar-refractivity contribution in [3.63, 3.8) is 0 Å². The van der Waals surface area contributed by atoms with Crippen LogP contribution in [0, 0.1) is 45.3 Å². The molecule has 18 aromatic carbocycles. The fourth-order valence-corrected chi connectivity index (χ4v) is 24.1. The molecule has 0 saturated heterocycles. The Labute approximate surface area is 725 Å². The molecule has 0 aliphatic carbocycles. The zero-order valence-corrected chi connectivity index (χ0v) is 68.9. The number of rotatable bonds is 6. The van der Waals surface area contributed by atoms with Gasteiger partial charge in [-0.2, -0.15) is 21.0 Å². The van der Waals surface area contributed by atoms with Gasteiger partial charge in [0.15, 0.2) is 0 Å². The maximum absolute atomic E-state index is 9.98. The largest absolute Gasteiger partial charge is 0.309 e. The lowest BCUT2D eigenvalue weighted by Crippen LogP contribution is -1.95. The van der Waals surface area contributed by atoms with Crippen LogP contribution < -0.4 is 0 Å². The number of hydrogen-bond acceptors (Lipinski definition) is 7. The molecule has 9 heterocycles. The molecule has 0 saturated carbocycles. The van der Waals surface area contributed by atoms with E-state index in [4.69, 9.17) is 0 Å². The highest BCUT2D eigenvalue weighted by Gasteiger charge is 2.27. The molecule has 0 unspecified atom stereocenters. The normalized spacial score (nSPS) is 11.8. The van der Waals surface area contributed by atoms with E-state index in [1.165, 1.54) is 116 Å². The Morgan fingerprint density at radius 1 is 0.152 bits per heavy atom. The molecule has 10 nitrogen and oxygen atoms in total. The summed E-state index contributed by atoms with van der Waals surface area (Å²) in [6, 6.07) is 142. The Kier molecular flexibility index (Phi) is 16.0. The Balaban J connectivity index is 0.000000103. The van der Waals surface area contributed by atoms with Gasteiger partial charge < -0.3 is 27.4 Å². The van der Waals surface area contributed by atoms with Crippen molar-refractivity contribution in [2.45, 2.75) is 0 Å². The predicted octanol–water partition coefficient (Wildman–Crippen LogP) is 30.2. The minimum Gasteiger partial charge on any atom is -0.309 e. The van der Waals surface area contributed by atoms with Crippen LogP contribution in [0.3, 0.4) is 0 Å². The van der Waals surface area contributed by atoms with E-state index in [0.29, 0.717) is 22.3 Å². The van der Waals surface area contributed by atoms with Crippen molar-refractivity contribution in [3.8, 4) is 58.4 Å². The molecular weight excluding hydrogens is 1580 g/mol. The highest BCUT2D eigenvalue weighted by Crippen LogP contribution is 2.50. The van der Waals surface area contributed by atoms with Gasteiger partial charge in [0.05, 0.1) is 161 Å². The predicted molar refractivity (Wildman–Crippen MR) is 523 cm³/mol. The van der Waals surface area contributed by atoms with Gasteiger partial charge in [0.25, 0.3) is 0 Å². The van der Waals surface area contributed by atoms with Gasteiger partial charge in [-0.05, 0) is 152 Å². The molecule has 0 N–H and O–H groups in total. The van der Waals surface area contributed by atoms with E-state index in [-0.39, 0.29) is 0 Å². The van der Waals surface area contributed by atoms with Crippen LogP contribution in [-0.4, -0.2) is 27.4 Å². The van der Waals surface area contributed by atoms with Crippen LogP contribution in [-0.2, 0) is 0 Å². The molecule has 27 rings (SSSR count). The fourth-order valence-electron chi connectivity index (χ4n) is 20.4. The second kappa shape index (κ2) is 28.0. The van der Waals surface area contributed by atoms with Crippen LogP contribution in [0.15, 0.2) is 376 Å². The molecule has 13 heteroatoms. The molecule has 0 aliphatic rings. The van der Waals surface area contributed by atoms with Crippen molar-refractivity contribution >= 4 is 225 Å². The average molecular weight is 1640 g/mol. The second-order valence-electron chi connectivity index (χ2n) is 31.6. The third-order valence-corrected chi connectivity index (χ3v) is 28.9. The number of aromatic nitrogens is 6. The summed E-state index contributed by atoms with van der Waals surface area (Å²) in [5.41, 5.74) is 23.0. The Hall–Kier alpha value is -16.6. The maximum atomic E-state index is 9.98. The van der Waals surface area contributed by atoms with Crippen molar-refractivity contribution in [1.82, 2.24) is 27.4 Å². The number of hydrogen-bond donors (Lipinski definition) is 0. The number of benzene rings is 18.